The lowest BCUT2D eigenvalue weighted by Crippen LogP contribution is -2.36. The molecule has 6 heteroatoms. The number of carbonyl (C=O) groups excluding carboxylic acids is 1. The zero-order valence-electron chi connectivity index (χ0n) is 17.2. The summed E-state index contributed by atoms with van der Waals surface area (Å²) in [6, 6.07) is 15.3. The van der Waals surface area contributed by atoms with Crippen LogP contribution in [0.5, 0.6) is 11.5 Å². The number of aryl methyl sites for hydroxylation is 1. The lowest BCUT2D eigenvalue weighted by molar-refractivity contribution is 0.0688. The highest BCUT2D eigenvalue weighted by atomic mass is 32.1. The second kappa shape index (κ2) is 9.56. The quantitative estimate of drug-likeness (QED) is 0.519. The molecule has 0 spiro atoms. The van der Waals surface area contributed by atoms with Crippen molar-refractivity contribution in [1.82, 2.24) is 9.88 Å². The van der Waals surface area contributed by atoms with Crippen LogP contribution in [0.3, 0.4) is 0 Å². The molecule has 0 N–H and O–H groups in total. The fourth-order valence-electron chi connectivity index (χ4n) is 2.97. The minimum Gasteiger partial charge on any atom is -0.493 e. The first kappa shape index (κ1) is 20.9. The maximum atomic E-state index is 13.0. The Morgan fingerprint density at radius 1 is 1.14 bits per heavy atom. The molecule has 0 unspecified atom stereocenters. The second-order valence-corrected chi connectivity index (χ2v) is 8.01. The molecule has 0 fully saturated rings. The monoisotopic (exact) mass is 410 g/mol. The molecule has 1 amide bonds. The van der Waals surface area contributed by atoms with Crippen molar-refractivity contribution in [3.8, 4) is 11.5 Å². The molecule has 29 heavy (non-hydrogen) atoms. The number of amides is 1. The van der Waals surface area contributed by atoms with Gasteiger partial charge in [0.05, 0.1) is 19.3 Å². The SMILES string of the molecule is COc1ccccc1OCc1nc(CN(C(=O)c2cccc(C)c2)C(C)C)cs1. The van der Waals surface area contributed by atoms with E-state index in [9.17, 15) is 4.79 Å². The number of nitrogens with zero attached hydrogens (tertiary/aromatic N) is 2. The van der Waals surface area contributed by atoms with E-state index in [1.807, 2.05) is 79.6 Å². The van der Waals surface area contributed by atoms with Crippen LogP contribution in [0, 0.1) is 6.92 Å². The number of aromatic nitrogens is 1. The van der Waals surface area contributed by atoms with Gasteiger partial charge in [-0.1, -0.05) is 29.8 Å². The van der Waals surface area contributed by atoms with Crippen molar-refractivity contribution in [3.05, 3.63) is 75.7 Å². The number of hydrogen-bond acceptors (Lipinski definition) is 5. The minimum absolute atomic E-state index is 0.0171. The highest BCUT2D eigenvalue weighted by Gasteiger charge is 2.20. The van der Waals surface area contributed by atoms with Crippen LogP contribution < -0.4 is 9.47 Å². The zero-order chi connectivity index (χ0) is 20.8. The minimum atomic E-state index is 0.0171. The van der Waals surface area contributed by atoms with Gasteiger partial charge in [-0.25, -0.2) is 4.98 Å². The molecule has 0 aliphatic rings. The summed E-state index contributed by atoms with van der Waals surface area (Å²) in [4.78, 5) is 19.5. The molecule has 0 radical (unpaired) electrons. The number of rotatable bonds is 8. The third-order valence-corrected chi connectivity index (χ3v) is 5.37. The first-order valence-corrected chi connectivity index (χ1v) is 10.4. The van der Waals surface area contributed by atoms with Crippen LogP contribution in [0.15, 0.2) is 53.9 Å². The summed E-state index contributed by atoms with van der Waals surface area (Å²) in [5, 5.41) is 2.84. The van der Waals surface area contributed by atoms with Crippen molar-refractivity contribution in [2.75, 3.05) is 7.11 Å². The average Bonchev–Trinajstić information content (AvgIpc) is 3.17. The van der Waals surface area contributed by atoms with Gasteiger partial charge in [-0.3, -0.25) is 4.79 Å². The molecule has 0 saturated carbocycles. The third kappa shape index (κ3) is 5.35. The summed E-state index contributed by atoms with van der Waals surface area (Å²) in [6.07, 6.45) is 0. The van der Waals surface area contributed by atoms with Gasteiger partial charge in [0, 0.05) is 17.0 Å². The van der Waals surface area contributed by atoms with Crippen LogP contribution in [0.4, 0.5) is 0 Å². The average molecular weight is 411 g/mol. The van der Waals surface area contributed by atoms with Gasteiger partial charge < -0.3 is 14.4 Å². The normalized spacial score (nSPS) is 10.8. The largest absolute Gasteiger partial charge is 0.493 e. The Morgan fingerprint density at radius 3 is 2.59 bits per heavy atom. The molecule has 1 aromatic heterocycles. The Bertz CT molecular complexity index is 968. The molecule has 0 aliphatic heterocycles. The molecular formula is C23H26N2O3S. The molecular weight excluding hydrogens is 384 g/mol. The van der Waals surface area contributed by atoms with E-state index in [2.05, 4.69) is 4.98 Å². The molecule has 0 bridgehead atoms. The van der Waals surface area contributed by atoms with Gasteiger partial charge in [0.25, 0.3) is 5.91 Å². The molecule has 1 heterocycles. The third-order valence-electron chi connectivity index (χ3n) is 4.50. The maximum Gasteiger partial charge on any atom is 0.254 e. The number of hydrogen-bond donors (Lipinski definition) is 0. The number of carbonyl (C=O) groups is 1. The molecule has 0 saturated heterocycles. The van der Waals surface area contributed by atoms with E-state index in [4.69, 9.17) is 9.47 Å². The van der Waals surface area contributed by atoms with Crippen molar-refractivity contribution in [2.45, 2.75) is 40.0 Å². The van der Waals surface area contributed by atoms with E-state index in [0.717, 1.165) is 16.3 Å². The molecule has 5 nitrogen and oxygen atoms in total. The smallest absolute Gasteiger partial charge is 0.254 e. The number of benzene rings is 2. The summed E-state index contributed by atoms with van der Waals surface area (Å²) in [6.45, 7) is 6.86. The zero-order valence-corrected chi connectivity index (χ0v) is 18.0. The van der Waals surface area contributed by atoms with E-state index >= 15 is 0 Å². The summed E-state index contributed by atoms with van der Waals surface area (Å²) in [5.74, 6) is 1.40. The predicted molar refractivity (Wildman–Crippen MR) is 116 cm³/mol. The first-order chi connectivity index (χ1) is 14.0. The summed E-state index contributed by atoms with van der Waals surface area (Å²) < 4.78 is 11.2. The number of para-hydroxylation sites is 2. The number of thiazole rings is 1. The fourth-order valence-corrected chi connectivity index (χ4v) is 3.67. The summed E-state index contributed by atoms with van der Waals surface area (Å²) in [5.41, 5.74) is 2.64. The topological polar surface area (TPSA) is 51.7 Å². The van der Waals surface area contributed by atoms with Crippen LogP contribution in [0.1, 0.15) is 40.5 Å². The van der Waals surface area contributed by atoms with Crippen molar-refractivity contribution in [3.63, 3.8) is 0 Å². The summed E-state index contributed by atoms with van der Waals surface area (Å²) in [7, 11) is 1.62. The van der Waals surface area contributed by atoms with Crippen molar-refractivity contribution < 1.29 is 14.3 Å². The first-order valence-electron chi connectivity index (χ1n) is 9.54. The van der Waals surface area contributed by atoms with Crippen molar-refractivity contribution >= 4 is 17.2 Å². The number of methoxy groups -OCH3 is 1. The molecule has 152 valence electrons. The van der Waals surface area contributed by atoms with Gasteiger partial charge in [-0.05, 0) is 45.0 Å². The van der Waals surface area contributed by atoms with E-state index < -0.39 is 0 Å². The highest BCUT2D eigenvalue weighted by Crippen LogP contribution is 2.27. The Balaban J connectivity index is 1.67. The van der Waals surface area contributed by atoms with Crippen LogP contribution in [0.2, 0.25) is 0 Å². The van der Waals surface area contributed by atoms with Gasteiger partial charge in [0.15, 0.2) is 11.5 Å². The van der Waals surface area contributed by atoms with Crippen LogP contribution >= 0.6 is 11.3 Å². The lowest BCUT2D eigenvalue weighted by atomic mass is 10.1. The van der Waals surface area contributed by atoms with E-state index in [1.165, 1.54) is 11.3 Å². The molecule has 0 atom stereocenters. The van der Waals surface area contributed by atoms with Crippen molar-refractivity contribution in [1.29, 1.82) is 0 Å². The standard InChI is InChI=1S/C23H26N2O3S/c1-16(2)25(23(26)18-9-7-8-17(3)12-18)13-19-15-29-22(24-19)14-28-21-11-6-5-10-20(21)27-4/h5-12,15-16H,13-14H2,1-4H3. The second-order valence-electron chi connectivity index (χ2n) is 7.07. The van der Waals surface area contributed by atoms with E-state index in [0.29, 0.717) is 30.2 Å². The van der Waals surface area contributed by atoms with Gasteiger partial charge in [0.1, 0.15) is 11.6 Å². The van der Waals surface area contributed by atoms with Crippen molar-refractivity contribution in [2.24, 2.45) is 0 Å². The highest BCUT2D eigenvalue weighted by molar-refractivity contribution is 7.09. The summed E-state index contributed by atoms with van der Waals surface area (Å²) >= 11 is 1.53. The maximum absolute atomic E-state index is 13.0. The Kier molecular flexibility index (Phi) is 6.88. The Labute approximate surface area is 175 Å². The molecule has 0 aliphatic carbocycles. The van der Waals surface area contributed by atoms with Gasteiger partial charge in [-0.15, -0.1) is 11.3 Å². The Morgan fingerprint density at radius 2 is 1.90 bits per heavy atom. The predicted octanol–water partition coefficient (Wildman–Crippen LogP) is 5.09. The molecule has 3 aromatic rings. The Hall–Kier alpha value is -2.86. The van der Waals surface area contributed by atoms with Crippen LogP contribution in [0.25, 0.3) is 0 Å². The van der Waals surface area contributed by atoms with Gasteiger partial charge >= 0.3 is 0 Å². The number of ether oxygens (including phenoxy) is 2. The molecule has 2 aromatic carbocycles. The van der Waals surface area contributed by atoms with Gasteiger partial charge in [0.2, 0.25) is 0 Å². The lowest BCUT2D eigenvalue weighted by Gasteiger charge is -2.26. The van der Waals surface area contributed by atoms with Gasteiger partial charge in [-0.2, -0.15) is 0 Å². The van der Waals surface area contributed by atoms with E-state index in [1.54, 1.807) is 7.11 Å². The fraction of sp³-hybridized carbons (Fsp3) is 0.304. The van der Waals surface area contributed by atoms with Crippen LogP contribution in [-0.4, -0.2) is 28.9 Å². The van der Waals surface area contributed by atoms with Crippen LogP contribution in [-0.2, 0) is 13.2 Å². The van der Waals surface area contributed by atoms with E-state index in [-0.39, 0.29) is 11.9 Å². The molecule has 3 rings (SSSR count).